The minimum absolute atomic E-state index is 0.729. The summed E-state index contributed by atoms with van der Waals surface area (Å²) in [5.74, 6) is -3.11. The van der Waals surface area contributed by atoms with Crippen molar-refractivity contribution in [3.05, 3.63) is 0 Å². The van der Waals surface area contributed by atoms with Gasteiger partial charge in [-0.15, -0.1) is 0 Å². The van der Waals surface area contributed by atoms with Gasteiger partial charge in [0.25, 0.3) is 0 Å². The molecule has 0 aliphatic carbocycles. The molecule has 0 bridgehead atoms. The molecule has 1 unspecified atom stereocenters. The maximum Gasteiger partial charge on any atom is 0.359 e. The van der Waals surface area contributed by atoms with Gasteiger partial charge in [-0.25, -0.2) is 9.59 Å². The molecule has 0 aliphatic rings. The first-order valence-electron chi connectivity index (χ1n) is 5.11. The predicted molar refractivity (Wildman–Crippen MR) is 60.0 cm³/mol. The minimum atomic E-state index is -2.48. The molecule has 0 spiro atoms. The van der Waals surface area contributed by atoms with Gasteiger partial charge in [0.15, 0.2) is 0 Å². The molecule has 0 aromatic rings. The topological polar surface area (TPSA) is 105 Å². The van der Waals surface area contributed by atoms with E-state index >= 15 is 0 Å². The molecular formula is C11H16N2O5. The van der Waals surface area contributed by atoms with Crippen LogP contribution in [-0.2, 0) is 23.9 Å². The molecule has 0 aromatic carbocycles. The standard InChI is InChI=1S/C11H16N2O5/c1-7(14)13-11(6-12,8(15)17-5)9(16)18-10(2,3)4/h1-5H3,(H,13,14). The van der Waals surface area contributed by atoms with Crippen molar-refractivity contribution >= 4 is 17.8 Å². The lowest BCUT2D eigenvalue weighted by atomic mass is 10.0. The van der Waals surface area contributed by atoms with Crippen LogP contribution in [0.3, 0.4) is 0 Å². The summed E-state index contributed by atoms with van der Waals surface area (Å²) in [5, 5.41) is 11.0. The summed E-state index contributed by atoms with van der Waals surface area (Å²) in [6, 6.07) is 1.44. The zero-order valence-electron chi connectivity index (χ0n) is 11.0. The molecule has 1 N–H and O–H groups in total. The molecule has 7 nitrogen and oxygen atoms in total. The van der Waals surface area contributed by atoms with Gasteiger partial charge in [0, 0.05) is 6.92 Å². The molecule has 0 saturated carbocycles. The monoisotopic (exact) mass is 256 g/mol. The van der Waals surface area contributed by atoms with Gasteiger partial charge < -0.3 is 14.8 Å². The summed E-state index contributed by atoms with van der Waals surface area (Å²) in [6.45, 7) is 5.77. The number of carbonyl (C=O) groups is 3. The molecule has 100 valence electrons. The van der Waals surface area contributed by atoms with Crippen LogP contribution in [0.1, 0.15) is 27.7 Å². The highest BCUT2D eigenvalue weighted by Crippen LogP contribution is 2.16. The Morgan fingerprint density at radius 2 is 1.67 bits per heavy atom. The Morgan fingerprint density at radius 1 is 1.17 bits per heavy atom. The Hall–Kier alpha value is -2.10. The van der Waals surface area contributed by atoms with Gasteiger partial charge in [0.1, 0.15) is 11.7 Å². The molecule has 0 aromatic heterocycles. The zero-order valence-corrected chi connectivity index (χ0v) is 11.0. The van der Waals surface area contributed by atoms with Crippen LogP contribution < -0.4 is 5.32 Å². The summed E-state index contributed by atoms with van der Waals surface area (Å²) in [5.41, 5.74) is -3.39. The SMILES string of the molecule is COC(=O)C(C#N)(NC(C)=O)C(=O)OC(C)(C)C. The Balaban J connectivity index is 5.46. The fraction of sp³-hybridized carbons (Fsp3) is 0.636. The summed E-state index contributed by atoms with van der Waals surface area (Å²) >= 11 is 0. The van der Waals surface area contributed by atoms with Crippen LogP contribution in [0.15, 0.2) is 0 Å². The van der Waals surface area contributed by atoms with Crippen molar-refractivity contribution in [2.24, 2.45) is 0 Å². The molecule has 0 rings (SSSR count). The van der Waals surface area contributed by atoms with E-state index in [1.165, 1.54) is 6.07 Å². The predicted octanol–water partition coefficient (Wildman–Crippen LogP) is -0.100. The summed E-state index contributed by atoms with van der Waals surface area (Å²) in [7, 11) is 1.00. The Labute approximate surface area is 105 Å². The number of methoxy groups -OCH3 is 1. The van der Waals surface area contributed by atoms with Crippen LogP contribution >= 0.6 is 0 Å². The van der Waals surface area contributed by atoms with E-state index < -0.39 is 29.0 Å². The molecule has 0 aliphatic heterocycles. The number of amides is 1. The van der Waals surface area contributed by atoms with Crippen molar-refractivity contribution in [2.75, 3.05) is 7.11 Å². The molecule has 18 heavy (non-hydrogen) atoms. The number of nitriles is 1. The summed E-state index contributed by atoms with van der Waals surface area (Å²) < 4.78 is 9.31. The average molecular weight is 256 g/mol. The number of nitrogens with zero attached hydrogens (tertiary/aromatic N) is 1. The van der Waals surface area contributed by atoms with Gasteiger partial charge >= 0.3 is 17.5 Å². The van der Waals surface area contributed by atoms with Gasteiger partial charge in [-0.1, -0.05) is 0 Å². The number of carbonyl (C=O) groups excluding carboxylic acids is 3. The van der Waals surface area contributed by atoms with Gasteiger partial charge in [-0.05, 0) is 20.8 Å². The first-order chi connectivity index (χ1) is 8.09. The normalized spacial score (nSPS) is 13.8. The van der Waals surface area contributed by atoms with Crippen molar-refractivity contribution < 1.29 is 23.9 Å². The van der Waals surface area contributed by atoms with E-state index in [9.17, 15) is 14.4 Å². The lowest BCUT2D eigenvalue weighted by Crippen LogP contribution is -2.60. The van der Waals surface area contributed by atoms with Gasteiger partial charge in [-0.3, -0.25) is 4.79 Å². The number of ether oxygens (including phenoxy) is 2. The second kappa shape index (κ2) is 5.49. The number of hydrogen-bond acceptors (Lipinski definition) is 6. The van der Waals surface area contributed by atoms with E-state index in [-0.39, 0.29) is 0 Å². The van der Waals surface area contributed by atoms with Crippen LogP contribution in [0.4, 0.5) is 0 Å². The molecule has 1 amide bonds. The van der Waals surface area contributed by atoms with Gasteiger partial charge in [0.2, 0.25) is 5.91 Å². The average Bonchev–Trinajstić information content (AvgIpc) is 2.21. The minimum Gasteiger partial charge on any atom is -0.466 e. The van der Waals surface area contributed by atoms with Crippen LogP contribution in [-0.4, -0.2) is 36.1 Å². The maximum atomic E-state index is 11.9. The second-order valence-electron chi connectivity index (χ2n) is 4.54. The van der Waals surface area contributed by atoms with E-state index in [0.29, 0.717) is 0 Å². The van der Waals surface area contributed by atoms with E-state index in [1.807, 2.05) is 5.32 Å². The van der Waals surface area contributed by atoms with Crippen LogP contribution in [0.2, 0.25) is 0 Å². The Kier molecular flexibility index (Phi) is 4.85. The highest BCUT2D eigenvalue weighted by Gasteiger charge is 2.52. The zero-order chi connectivity index (χ0) is 14.6. The van der Waals surface area contributed by atoms with Gasteiger partial charge in [0.05, 0.1) is 7.11 Å². The van der Waals surface area contributed by atoms with E-state index in [0.717, 1.165) is 14.0 Å². The third-order valence-corrected chi connectivity index (χ3v) is 1.73. The molecule has 0 heterocycles. The number of nitrogens with one attached hydrogen (secondary N) is 1. The number of rotatable bonds is 3. The molecular weight excluding hydrogens is 240 g/mol. The summed E-state index contributed by atoms with van der Waals surface area (Å²) in [6.07, 6.45) is 0. The first kappa shape index (κ1) is 15.9. The fourth-order valence-corrected chi connectivity index (χ4v) is 1.08. The summed E-state index contributed by atoms with van der Waals surface area (Å²) in [4.78, 5) is 34.5. The van der Waals surface area contributed by atoms with Crippen molar-refractivity contribution in [3.8, 4) is 6.07 Å². The van der Waals surface area contributed by atoms with E-state index in [2.05, 4.69) is 4.74 Å². The smallest absolute Gasteiger partial charge is 0.359 e. The molecule has 0 radical (unpaired) electrons. The molecule has 1 atom stereocenters. The van der Waals surface area contributed by atoms with Crippen molar-refractivity contribution in [1.82, 2.24) is 5.32 Å². The third-order valence-electron chi connectivity index (χ3n) is 1.73. The van der Waals surface area contributed by atoms with Gasteiger partial charge in [-0.2, -0.15) is 5.26 Å². The quantitative estimate of drug-likeness (QED) is 0.558. The highest BCUT2D eigenvalue weighted by atomic mass is 16.6. The highest BCUT2D eigenvalue weighted by molar-refractivity contribution is 6.10. The van der Waals surface area contributed by atoms with Crippen molar-refractivity contribution in [3.63, 3.8) is 0 Å². The fourth-order valence-electron chi connectivity index (χ4n) is 1.08. The second-order valence-corrected chi connectivity index (χ2v) is 4.54. The third kappa shape index (κ3) is 3.73. The first-order valence-corrected chi connectivity index (χ1v) is 5.11. The lowest BCUT2D eigenvalue weighted by Gasteiger charge is -2.27. The Bertz CT molecular complexity index is 405. The van der Waals surface area contributed by atoms with Crippen LogP contribution in [0.5, 0.6) is 0 Å². The molecule has 7 heteroatoms. The molecule has 0 fully saturated rings. The maximum absolute atomic E-state index is 11.9. The van der Waals surface area contributed by atoms with E-state index in [1.54, 1.807) is 20.8 Å². The van der Waals surface area contributed by atoms with Crippen molar-refractivity contribution in [2.45, 2.75) is 38.8 Å². The van der Waals surface area contributed by atoms with E-state index in [4.69, 9.17) is 10.00 Å². The number of hydrogen-bond donors (Lipinski definition) is 1. The lowest BCUT2D eigenvalue weighted by molar-refractivity contribution is -0.170. The van der Waals surface area contributed by atoms with Crippen LogP contribution in [0, 0.1) is 11.3 Å². The number of esters is 2. The largest absolute Gasteiger partial charge is 0.466 e. The van der Waals surface area contributed by atoms with Crippen LogP contribution in [0.25, 0.3) is 0 Å². The molecule has 0 saturated heterocycles. The van der Waals surface area contributed by atoms with Crippen molar-refractivity contribution in [1.29, 1.82) is 5.26 Å². The Morgan fingerprint density at radius 3 is 1.94 bits per heavy atom.